The smallest absolute Gasteiger partial charge is 0.321 e. The fraction of sp³-hybridized carbons (Fsp3) is 0.467. The Morgan fingerprint density at radius 1 is 1.22 bits per heavy atom. The maximum atomic E-state index is 12.3. The monoisotopic (exact) mass is 342 g/mol. The van der Waals surface area contributed by atoms with E-state index in [1.54, 1.807) is 7.05 Å². The summed E-state index contributed by atoms with van der Waals surface area (Å²) in [5.41, 5.74) is 0.549. The van der Waals surface area contributed by atoms with Gasteiger partial charge in [-0.2, -0.15) is 4.72 Å². The number of sulfonamides is 1. The highest BCUT2D eigenvalue weighted by Gasteiger charge is 2.26. The van der Waals surface area contributed by atoms with Crippen molar-refractivity contribution in [3.05, 3.63) is 24.3 Å². The van der Waals surface area contributed by atoms with Crippen LogP contribution in [0.3, 0.4) is 0 Å². The van der Waals surface area contributed by atoms with Crippen molar-refractivity contribution in [1.29, 1.82) is 0 Å². The molecule has 0 heterocycles. The van der Waals surface area contributed by atoms with E-state index in [4.69, 9.17) is 5.11 Å². The minimum Gasteiger partial charge on any atom is -0.480 e. The lowest BCUT2D eigenvalue weighted by Gasteiger charge is -2.18. The number of aliphatic carboxylic acids is 1. The lowest BCUT2D eigenvalue weighted by molar-refractivity contribution is -0.139. The van der Waals surface area contributed by atoms with Gasteiger partial charge in [-0.1, -0.05) is 13.8 Å². The molecule has 0 aliphatic rings. The van der Waals surface area contributed by atoms with Crippen molar-refractivity contribution in [2.45, 2.75) is 38.1 Å². The zero-order valence-corrected chi connectivity index (χ0v) is 14.4. The van der Waals surface area contributed by atoms with Gasteiger partial charge < -0.3 is 10.0 Å². The molecular formula is C15H22N2O5S. The summed E-state index contributed by atoms with van der Waals surface area (Å²) in [6.07, 6.45) is 0.194. The molecule has 0 spiro atoms. The van der Waals surface area contributed by atoms with Gasteiger partial charge in [0.2, 0.25) is 15.9 Å². The van der Waals surface area contributed by atoms with E-state index in [0.717, 1.165) is 0 Å². The van der Waals surface area contributed by atoms with Gasteiger partial charge in [-0.25, -0.2) is 8.42 Å². The standard InChI is InChI=1S/C15H22N2O5S/c1-10(2)9-14(15(19)20)16-23(21,22)13-7-5-12(6-8-13)17(4)11(3)18/h5-8,10,14,16H,9H2,1-4H3,(H,19,20). The van der Waals surface area contributed by atoms with Crippen LogP contribution in [-0.4, -0.2) is 38.5 Å². The summed E-state index contributed by atoms with van der Waals surface area (Å²) in [4.78, 5) is 23.8. The van der Waals surface area contributed by atoms with E-state index in [9.17, 15) is 18.0 Å². The number of nitrogens with one attached hydrogen (secondary N) is 1. The molecule has 1 aromatic rings. The zero-order valence-electron chi connectivity index (χ0n) is 13.6. The maximum Gasteiger partial charge on any atom is 0.321 e. The third-order valence-electron chi connectivity index (χ3n) is 3.31. The predicted octanol–water partition coefficient (Wildman–Crippen LogP) is 1.45. The van der Waals surface area contributed by atoms with Crippen molar-refractivity contribution in [2.24, 2.45) is 5.92 Å². The largest absolute Gasteiger partial charge is 0.480 e. The Kier molecular flexibility index (Phi) is 6.28. The van der Waals surface area contributed by atoms with Crippen LogP contribution in [0.1, 0.15) is 27.2 Å². The Hall–Kier alpha value is -1.93. The molecule has 0 aliphatic carbocycles. The second-order valence-corrected chi connectivity index (χ2v) is 7.43. The third-order valence-corrected chi connectivity index (χ3v) is 4.80. The zero-order chi connectivity index (χ0) is 17.8. The van der Waals surface area contributed by atoms with Crippen LogP contribution in [0.4, 0.5) is 5.69 Å². The minimum absolute atomic E-state index is 0.0328. The molecule has 0 saturated carbocycles. The predicted molar refractivity (Wildman–Crippen MR) is 86.7 cm³/mol. The molecule has 2 N–H and O–H groups in total. The van der Waals surface area contributed by atoms with Crippen molar-refractivity contribution in [3.63, 3.8) is 0 Å². The molecule has 1 unspecified atom stereocenters. The van der Waals surface area contributed by atoms with Gasteiger partial charge in [0, 0.05) is 19.7 Å². The van der Waals surface area contributed by atoms with Gasteiger partial charge in [0.1, 0.15) is 6.04 Å². The molecule has 0 saturated heterocycles. The first kappa shape index (κ1) is 19.1. The van der Waals surface area contributed by atoms with Crippen LogP contribution in [-0.2, 0) is 19.6 Å². The number of carboxylic acid groups (broad SMARTS) is 1. The minimum atomic E-state index is -3.95. The van der Waals surface area contributed by atoms with Crippen LogP contribution in [0, 0.1) is 5.92 Å². The average molecular weight is 342 g/mol. The maximum absolute atomic E-state index is 12.3. The quantitative estimate of drug-likeness (QED) is 0.780. The Balaban J connectivity index is 2.99. The number of rotatable bonds is 7. The first-order chi connectivity index (χ1) is 10.5. The van der Waals surface area contributed by atoms with E-state index in [1.165, 1.54) is 36.1 Å². The third kappa shape index (κ3) is 5.33. The van der Waals surface area contributed by atoms with Crippen LogP contribution in [0.15, 0.2) is 29.2 Å². The highest BCUT2D eigenvalue weighted by Crippen LogP contribution is 2.18. The molecule has 1 aromatic carbocycles. The molecule has 1 rings (SSSR count). The second kappa shape index (κ2) is 7.56. The Bertz CT molecular complexity index is 668. The number of hydrogen-bond acceptors (Lipinski definition) is 4. The summed E-state index contributed by atoms with van der Waals surface area (Å²) in [5, 5.41) is 9.14. The van der Waals surface area contributed by atoms with Crippen molar-refractivity contribution in [3.8, 4) is 0 Å². The summed E-state index contributed by atoms with van der Waals surface area (Å²) in [6, 6.07) is 4.48. The van der Waals surface area contributed by atoms with E-state index >= 15 is 0 Å². The molecule has 1 amide bonds. The number of anilines is 1. The Labute approximate surface area is 136 Å². The van der Waals surface area contributed by atoms with Crippen molar-refractivity contribution in [1.82, 2.24) is 4.72 Å². The number of carbonyl (C=O) groups is 2. The SMILES string of the molecule is CC(=O)N(C)c1ccc(S(=O)(=O)NC(CC(C)C)C(=O)O)cc1. The number of benzene rings is 1. The lowest BCUT2D eigenvalue weighted by atomic mass is 10.1. The van der Waals surface area contributed by atoms with Gasteiger partial charge in [-0.15, -0.1) is 0 Å². The van der Waals surface area contributed by atoms with Crippen LogP contribution < -0.4 is 9.62 Å². The number of nitrogens with zero attached hydrogens (tertiary/aromatic N) is 1. The molecule has 1 atom stereocenters. The number of carbonyl (C=O) groups excluding carboxylic acids is 1. The van der Waals surface area contributed by atoms with E-state index in [2.05, 4.69) is 4.72 Å². The second-order valence-electron chi connectivity index (χ2n) is 5.71. The van der Waals surface area contributed by atoms with E-state index in [0.29, 0.717) is 5.69 Å². The van der Waals surface area contributed by atoms with E-state index in [1.807, 2.05) is 13.8 Å². The molecule has 128 valence electrons. The van der Waals surface area contributed by atoms with Gasteiger partial charge in [-0.05, 0) is 36.6 Å². The van der Waals surface area contributed by atoms with E-state index in [-0.39, 0.29) is 23.1 Å². The molecule has 7 nitrogen and oxygen atoms in total. The Morgan fingerprint density at radius 3 is 2.13 bits per heavy atom. The van der Waals surface area contributed by atoms with Crippen molar-refractivity contribution >= 4 is 27.6 Å². The van der Waals surface area contributed by atoms with Crippen LogP contribution in [0.5, 0.6) is 0 Å². The van der Waals surface area contributed by atoms with Crippen LogP contribution >= 0.6 is 0 Å². The van der Waals surface area contributed by atoms with Gasteiger partial charge >= 0.3 is 5.97 Å². The molecule has 0 bridgehead atoms. The van der Waals surface area contributed by atoms with Gasteiger partial charge in [-0.3, -0.25) is 9.59 Å². The number of carboxylic acids is 1. The van der Waals surface area contributed by atoms with Crippen LogP contribution in [0.25, 0.3) is 0 Å². The topological polar surface area (TPSA) is 104 Å². The van der Waals surface area contributed by atoms with Crippen molar-refractivity contribution < 1.29 is 23.1 Å². The Morgan fingerprint density at radius 2 is 1.74 bits per heavy atom. The summed E-state index contributed by atoms with van der Waals surface area (Å²) in [5.74, 6) is -1.36. The average Bonchev–Trinajstić information content (AvgIpc) is 2.45. The molecule has 0 aliphatic heterocycles. The molecule has 8 heteroatoms. The molecule has 0 fully saturated rings. The van der Waals surface area contributed by atoms with Crippen LogP contribution in [0.2, 0.25) is 0 Å². The fourth-order valence-electron chi connectivity index (χ4n) is 1.96. The molecule has 0 aromatic heterocycles. The normalized spacial score (nSPS) is 12.9. The summed E-state index contributed by atoms with van der Waals surface area (Å²) in [7, 11) is -2.37. The highest BCUT2D eigenvalue weighted by atomic mass is 32.2. The highest BCUT2D eigenvalue weighted by molar-refractivity contribution is 7.89. The van der Waals surface area contributed by atoms with Crippen molar-refractivity contribution in [2.75, 3.05) is 11.9 Å². The summed E-state index contributed by atoms with van der Waals surface area (Å²) < 4.78 is 26.8. The van der Waals surface area contributed by atoms with Gasteiger partial charge in [0.15, 0.2) is 0 Å². The number of amides is 1. The molecule has 0 radical (unpaired) electrons. The fourth-order valence-corrected chi connectivity index (χ4v) is 3.16. The first-order valence-electron chi connectivity index (χ1n) is 7.14. The summed E-state index contributed by atoms with van der Waals surface area (Å²) >= 11 is 0. The van der Waals surface area contributed by atoms with Gasteiger partial charge in [0.05, 0.1) is 4.90 Å². The molecular weight excluding hydrogens is 320 g/mol. The molecule has 23 heavy (non-hydrogen) atoms. The first-order valence-corrected chi connectivity index (χ1v) is 8.62. The van der Waals surface area contributed by atoms with Gasteiger partial charge in [0.25, 0.3) is 0 Å². The number of hydrogen-bond donors (Lipinski definition) is 2. The lowest BCUT2D eigenvalue weighted by Crippen LogP contribution is -2.41. The van der Waals surface area contributed by atoms with E-state index < -0.39 is 22.0 Å². The summed E-state index contributed by atoms with van der Waals surface area (Å²) in [6.45, 7) is 5.03.